The van der Waals surface area contributed by atoms with E-state index in [0.29, 0.717) is 12.2 Å². The summed E-state index contributed by atoms with van der Waals surface area (Å²) in [7, 11) is 0. The summed E-state index contributed by atoms with van der Waals surface area (Å²) < 4.78 is 0. The normalized spacial score (nSPS) is 14.0. The van der Waals surface area contributed by atoms with Crippen molar-refractivity contribution in [2.24, 2.45) is 0 Å². The number of hydrogen-bond acceptors (Lipinski definition) is 5. The summed E-state index contributed by atoms with van der Waals surface area (Å²) in [4.78, 5) is 25.8. The molecule has 1 aromatic carbocycles. The fourth-order valence-corrected chi connectivity index (χ4v) is 3.54. The van der Waals surface area contributed by atoms with Gasteiger partial charge in [-0.05, 0) is 36.8 Å². The summed E-state index contributed by atoms with van der Waals surface area (Å²) in [6.07, 6.45) is 3.62. The molecule has 1 fully saturated rings. The topological polar surface area (TPSA) is 61.4 Å². The van der Waals surface area contributed by atoms with Crippen molar-refractivity contribution in [1.82, 2.24) is 15.3 Å². The van der Waals surface area contributed by atoms with Crippen LogP contribution in [-0.4, -0.2) is 42.1 Å². The molecule has 1 saturated heterocycles. The zero-order chi connectivity index (χ0) is 20.1. The number of hydrogen-bond donors (Lipinski definition) is 1. The van der Waals surface area contributed by atoms with Crippen LogP contribution in [0, 0.1) is 6.92 Å². The van der Waals surface area contributed by atoms with Gasteiger partial charge in [0.15, 0.2) is 0 Å². The predicted octanol–water partition coefficient (Wildman–Crippen LogP) is 3.04. The Bertz CT molecular complexity index is 951. The van der Waals surface area contributed by atoms with Crippen LogP contribution in [-0.2, 0) is 6.54 Å². The van der Waals surface area contributed by atoms with Crippen molar-refractivity contribution in [3.05, 3.63) is 83.8 Å². The van der Waals surface area contributed by atoms with Gasteiger partial charge in [0.05, 0.1) is 11.9 Å². The predicted molar refractivity (Wildman–Crippen MR) is 115 cm³/mol. The number of pyridine rings is 2. The van der Waals surface area contributed by atoms with E-state index in [9.17, 15) is 4.79 Å². The molecule has 1 aliphatic rings. The van der Waals surface area contributed by atoms with Crippen molar-refractivity contribution in [3.8, 4) is 0 Å². The first-order chi connectivity index (χ1) is 14.2. The molecule has 0 bridgehead atoms. The van der Waals surface area contributed by atoms with Crippen LogP contribution in [0.5, 0.6) is 0 Å². The van der Waals surface area contributed by atoms with E-state index in [0.717, 1.165) is 43.2 Å². The highest BCUT2D eigenvalue weighted by atomic mass is 16.1. The molecule has 0 spiro atoms. The summed E-state index contributed by atoms with van der Waals surface area (Å²) in [5.74, 6) is 0.865. The Morgan fingerprint density at radius 3 is 2.48 bits per heavy atom. The van der Waals surface area contributed by atoms with Gasteiger partial charge in [0.25, 0.3) is 5.91 Å². The van der Waals surface area contributed by atoms with Gasteiger partial charge < -0.3 is 15.1 Å². The minimum atomic E-state index is -0.155. The summed E-state index contributed by atoms with van der Waals surface area (Å²) in [5, 5.41) is 2.94. The maximum atomic E-state index is 12.4. The number of rotatable bonds is 5. The minimum absolute atomic E-state index is 0.155. The second kappa shape index (κ2) is 8.73. The van der Waals surface area contributed by atoms with Gasteiger partial charge in [-0.3, -0.25) is 4.79 Å². The summed E-state index contributed by atoms with van der Waals surface area (Å²) in [6, 6.07) is 17.9. The number of piperazine rings is 1. The highest BCUT2D eigenvalue weighted by Gasteiger charge is 2.18. The fourth-order valence-electron chi connectivity index (χ4n) is 3.54. The van der Waals surface area contributed by atoms with Crippen LogP contribution in [0.2, 0.25) is 0 Å². The molecule has 29 heavy (non-hydrogen) atoms. The van der Waals surface area contributed by atoms with Crippen LogP contribution in [0.4, 0.5) is 11.5 Å². The molecule has 1 aliphatic heterocycles. The lowest BCUT2D eigenvalue weighted by atomic mass is 10.1. The van der Waals surface area contributed by atoms with Gasteiger partial charge in [0, 0.05) is 38.9 Å². The number of carbonyl (C=O) groups is 1. The van der Waals surface area contributed by atoms with E-state index < -0.39 is 0 Å². The van der Waals surface area contributed by atoms with Gasteiger partial charge in [0.2, 0.25) is 0 Å². The number of carbonyl (C=O) groups excluding carboxylic acids is 1. The molecule has 3 aromatic rings. The van der Waals surface area contributed by atoms with Crippen molar-refractivity contribution < 1.29 is 4.79 Å². The number of aromatic nitrogens is 2. The zero-order valence-electron chi connectivity index (χ0n) is 16.6. The first kappa shape index (κ1) is 18.9. The van der Waals surface area contributed by atoms with Gasteiger partial charge in [-0.25, -0.2) is 9.97 Å². The second-order valence-corrected chi connectivity index (χ2v) is 7.24. The summed E-state index contributed by atoms with van der Waals surface area (Å²) in [6.45, 7) is 6.17. The molecule has 4 rings (SSSR count). The molecule has 0 radical (unpaired) electrons. The molecular formula is C23H25N5O. The lowest BCUT2D eigenvalue weighted by Gasteiger charge is -2.36. The number of amides is 1. The fraction of sp³-hybridized carbons (Fsp3) is 0.261. The third-order valence-electron chi connectivity index (χ3n) is 5.13. The molecule has 0 aliphatic carbocycles. The smallest absolute Gasteiger partial charge is 0.270 e. The van der Waals surface area contributed by atoms with Gasteiger partial charge in [0.1, 0.15) is 11.5 Å². The zero-order valence-corrected chi connectivity index (χ0v) is 16.6. The first-order valence-electron chi connectivity index (χ1n) is 9.90. The van der Waals surface area contributed by atoms with Crippen LogP contribution >= 0.6 is 0 Å². The van der Waals surface area contributed by atoms with E-state index in [-0.39, 0.29) is 5.91 Å². The van der Waals surface area contributed by atoms with Crippen molar-refractivity contribution >= 4 is 17.4 Å². The highest BCUT2D eigenvalue weighted by molar-refractivity contribution is 5.92. The average Bonchev–Trinajstić information content (AvgIpc) is 2.78. The number of anilines is 2. The molecule has 148 valence electrons. The monoisotopic (exact) mass is 387 g/mol. The molecule has 0 unspecified atom stereocenters. The molecule has 0 saturated carbocycles. The molecule has 6 nitrogen and oxygen atoms in total. The Labute approximate surface area is 171 Å². The quantitative estimate of drug-likeness (QED) is 0.729. The van der Waals surface area contributed by atoms with Crippen LogP contribution in [0.1, 0.15) is 21.6 Å². The van der Waals surface area contributed by atoms with E-state index >= 15 is 0 Å². The van der Waals surface area contributed by atoms with E-state index in [1.54, 1.807) is 12.3 Å². The number of benzene rings is 1. The standard InChI is InChI=1S/C23H25N5O/c1-18-5-4-6-19(15-18)16-26-23(29)21-9-8-20(17-25-21)27-11-13-28(14-12-27)22-7-2-3-10-24-22/h2-10,15,17H,11-14,16H2,1H3,(H,26,29). The second-order valence-electron chi connectivity index (χ2n) is 7.24. The maximum absolute atomic E-state index is 12.4. The van der Waals surface area contributed by atoms with E-state index in [1.165, 1.54) is 5.56 Å². The molecule has 1 amide bonds. The Morgan fingerprint density at radius 1 is 0.966 bits per heavy atom. The lowest BCUT2D eigenvalue weighted by molar-refractivity contribution is 0.0946. The number of nitrogens with zero attached hydrogens (tertiary/aromatic N) is 4. The van der Waals surface area contributed by atoms with Gasteiger partial charge in [-0.15, -0.1) is 0 Å². The third kappa shape index (κ3) is 4.71. The molecule has 0 atom stereocenters. The van der Waals surface area contributed by atoms with E-state index in [4.69, 9.17) is 0 Å². The molecule has 2 aromatic heterocycles. The van der Waals surface area contributed by atoms with Crippen LogP contribution in [0.3, 0.4) is 0 Å². The average molecular weight is 387 g/mol. The maximum Gasteiger partial charge on any atom is 0.270 e. The summed E-state index contributed by atoms with van der Waals surface area (Å²) in [5.41, 5.74) is 3.75. The minimum Gasteiger partial charge on any atom is -0.367 e. The van der Waals surface area contributed by atoms with Crippen LogP contribution in [0.25, 0.3) is 0 Å². The van der Waals surface area contributed by atoms with Crippen molar-refractivity contribution in [3.63, 3.8) is 0 Å². The van der Waals surface area contributed by atoms with Crippen molar-refractivity contribution in [1.29, 1.82) is 0 Å². The van der Waals surface area contributed by atoms with Gasteiger partial charge in [-0.1, -0.05) is 35.9 Å². The van der Waals surface area contributed by atoms with Crippen LogP contribution < -0.4 is 15.1 Å². The van der Waals surface area contributed by atoms with Gasteiger partial charge >= 0.3 is 0 Å². The first-order valence-corrected chi connectivity index (χ1v) is 9.90. The van der Waals surface area contributed by atoms with E-state index in [1.807, 2.05) is 55.6 Å². The largest absolute Gasteiger partial charge is 0.367 e. The van der Waals surface area contributed by atoms with Gasteiger partial charge in [-0.2, -0.15) is 0 Å². The molecule has 1 N–H and O–H groups in total. The summed E-state index contributed by atoms with van der Waals surface area (Å²) >= 11 is 0. The van der Waals surface area contributed by atoms with Crippen LogP contribution in [0.15, 0.2) is 67.0 Å². The van der Waals surface area contributed by atoms with E-state index in [2.05, 4.69) is 31.2 Å². The van der Waals surface area contributed by atoms with Crippen molar-refractivity contribution in [2.45, 2.75) is 13.5 Å². The molecule has 3 heterocycles. The molecular weight excluding hydrogens is 362 g/mol. The molecule has 6 heteroatoms. The Morgan fingerprint density at radius 2 is 1.79 bits per heavy atom. The lowest BCUT2D eigenvalue weighted by Crippen LogP contribution is -2.46. The SMILES string of the molecule is Cc1cccc(CNC(=O)c2ccc(N3CCN(c4ccccn4)CC3)cn2)c1. The Kier molecular flexibility index (Phi) is 5.70. The highest BCUT2D eigenvalue weighted by Crippen LogP contribution is 2.18. The number of aryl methyl sites for hydroxylation is 1. The Balaban J connectivity index is 1.31. The van der Waals surface area contributed by atoms with Crippen molar-refractivity contribution in [2.75, 3.05) is 36.0 Å². The Hall–Kier alpha value is -3.41. The number of nitrogens with one attached hydrogen (secondary N) is 1. The third-order valence-corrected chi connectivity index (χ3v) is 5.13.